The van der Waals surface area contributed by atoms with E-state index in [1.54, 1.807) is 147 Å². The van der Waals surface area contributed by atoms with Crippen molar-refractivity contribution in [3.05, 3.63) is 92.7 Å². The summed E-state index contributed by atoms with van der Waals surface area (Å²) in [6.07, 6.45) is 7.30. The number of hydrogen-bond acceptors (Lipinski definition) is 2. The van der Waals surface area contributed by atoms with E-state index in [4.69, 9.17) is 0 Å². The summed E-state index contributed by atoms with van der Waals surface area (Å²) < 4.78 is 0. The summed E-state index contributed by atoms with van der Waals surface area (Å²) in [4.78, 5) is 2.73. The quantitative estimate of drug-likeness (QED) is 0.182. The Bertz CT molecular complexity index is 3710. The van der Waals surface area contributed by atoms with Crippen LogP contribution in [0.3, 0.4) is 0 Å². The van der Waals surface area contributed by atoms with Crippen molar-refractivity contribution >= 4 is 114 Å². The molecule has 1 spiro atoms. The summed E-state index contributed by atoms with van der Waals surface area (Å²) >= 11 is 0. The SMILES string of the molecule is CC1C2C3C=C4CC5=c6c4c4c3c3c7c8c(cc9cc%10c%11c%12c(cc(c%13c6c6c4c3c3c8c9c%11c3c6c%12%13)C5)C%10)CC72CN1c1ccc(O)cc1. The fraction of sp³-hybridized carbons (Fsp3) is 0.208. The first-order valence-corrected chi connectivity index (χ1v) is 19.0. The van der Waals surface area contributed by atoms with Gasteiger partial charge in [-0.3, -0.25) is 0 Å². The zero-order valence-electron chi connectivity index (χ0n) is 27.3. The molecule has 0 radical (unpaired) electrons. The first kappa shape index (κ1) is 22.4. The molecule has 50 heavy (non-hydrogen) atoms. The average molecular weight is 632 g/mol. The minimum Gasteiger partial charge on any atom is -0.508 e. The predicted octanol–water partition coefficient (Wildman–Crippen LogP) is 9.94. The molecule has 4 unspecified atom stereocenters. The summed E-state index contributed by atoms with van der Waals surface area (Å²) in [5, 5.41) is 41.2. The molecule has 18 rings (SSSR count). The minimum atomic E-state index is 0.0599. The summed E-state index contributed by atoms with van der Waals surface area (Å²) in [6, 6.07) is 16.5. The van der Waals surface area contributed by atoms with Crippen molar-refractivity contribution in [2.24, 2.45) is 5.92 Å². The Morgan fingerprint density at radius 1 is 0.640 bits per heavy atom. The van der Waals surface area contributed by atoms with Crippen LogP contribution in [0.4, 0.5) is 5.69 Å². The molecule has 1 saturated heterocycles. The number of allylic oxidation sites excluding steroid dienone is 2. The van der Waals surface area contributed by atoms with Crippen molar-refractivity contribution in [3.63, 3.8) is 0 Å². The number of benzene rings is 8. The number of hydrogen-bond donors (Lipinski definition) is 1. The average Bonchev–Trinajstić information content (AvgIpc) is 3.95. The van der Waals surface area contributed by atoms with Gasteiger partial charge in [-0.05, 0) is 204 Å². The van der Waals surface area contributed by atoms with Crippen molar-refractivity contribution in [1.29, 1.82) is 0 Å². The van der Waals surface area contributed by atoms with Crippen LogP contribution in [0.2, 0.25) is 0 Å². The van der Waals surface area contributed by atoms with Gasteiger partial charge in [0, 0.05) is 35.5 Å². The zero-order valence-corrected chi connectivity index (χ0v) is 27.3. The lowest BCUT2D eigenvalue weighted by atomic mass is 9.58. The molecule has 1 aliphatic heterocycles. The van der Waals surface area contributed by atoms with Crippen molar-refractivity contribution in [2.45, 2.75) is 50.0 Å². The van der Waals surface area contributed by atoms with E-state index in [-0.39, 0.29) is 5.41 Å². The van der Waals surface area contributed by atoms with E-state index < -0.39 is 0 Å². The lowest BCUT2D eigenvalue weighted by Gasteiger charge is -2.43. The van der Waals surface area contributed by atoms with Crippen LogP contribution in [0, 0.1) is 5.92 Å². The molecule has 2 nitrogen and oxygen atoms in total. The zero-order chi connectivity index (χ0) is 31.3. The van der Waals surface area contributed by atoms with Crippen LogP contribution in [-0.2, 0) is 24.7 Å². The second-order valence-corrected chi connectivity index (χ2v) is 18.0. The van der Waals surface area contributed by atoms with Gasteiger partial charge in [-0.1, -0.05) is 29.8 Å². The van der Waals surface area contributed by atoms with Gasteiger partial charge in [0.2, 0.25) is 0 Å². The maximum absolute atomic E-state index is 10.3. The Morgan fingerprint density at radius 2 is 1.30 bits per heavy atom. The van der Waals surface area contributed by atoms with E-state index in [2.05, 4.69) is 48.2 Å². The third kappa shape index (κ3) is 1.67. The highest BCUT2D eigenvalue weighted by molar-refractivity contribution is 6.61. The number of rotatable bonds is 1. The van der Waals surface area contributed by atoms with E-state index in [9.17, 15) is 5.11 Å². The summed E-state index contributed by atoms with van der Waals surface area (Å²) in [5.74, 6) is 1.27. The lowest BCUT2D eigenvalue weighted by molar-refractivity contribution is 0.290. The molecule has 11 aromatic carbocycles. The summed E-state index contributed by atoms with van der Waals surface area (Å²) in [6.45, 7) is 3.58. The van der Waals surface area contributed by atoms with Crippen molar-refractivity contribution in [3.8, 4) is 5.75 Å². The van der Waals surface area contributed by atoms with Gasteiger partial charge in [0.05, 0.1) is 0 Å². The van der Waals surface area contributed by atoms with Gasteiger partial charge in [0.15, 0.2) is 0 Å². The molecule has 4 atom stereocenters. The van der Waals surface area contributed by atoms with Gasteiger partial charge in [-0.15, -0.1) is 0 Å². The highest BCUT2D eigenvalue weighted by atomic mass is 16.3. The summed E-state index contributed by atoms with van der Waals surface area (Å²) in [5.41, 5.74) is 16.1. The molecule has 0 amide bonds. The highest BCUT2D eigenvalue weighted by Crippen LogP contribution is 2.72. The van der Waals surface area contributed by atoms with Gasteiger partial charge >= 0.3 is 0 Å². The van der Waals surface area contributed by atoms with E-state index in [1.165, 1.54) is 11.1 Å². The Balaban J connectivity index is 1.20. The number of anilines is 1. The third-order valence-electron chi connectivity index (χ3n) is 16.6. The van der Waals surface area contributed by atoms with Crippen LogP contribution in [0.1, 0.15) is 58.2 Å². The molecule has 6 aliphatic carbocycles. The molecule has 1 N–H and O–H groups in total. The Kier molecular flexibility index (Phi) is 2.66. The smallest absolute Gasteiger partial charge is 0.115 e. The van der Waals surface area contributed by atoms with Gasteiger partial charge < -0.3 is 10.0 Å². The maximum atomic E-state index is 10.3. The molecule has 0 aromatic heterocycles. The van der Waals surface area contributed by atoms with Crippen molar-refractivity contribution < 1.29 is 5.11 Å². The number of phenolic OH excluding ortho intramolecular Hbond substituents is 1. The van der Waals surface area contributed by atoms with Gasteiger partial charge in [0.25, 0.3) is 0 Å². The Labute approximate surface area is 283 Å². The molecule has 228 valence electrons. The van der Waals surface area contributed by atoms with E-state index in [0.717, 1.165) is 32.2 Å². The van der Waals surface area contributed by atoms with Crippen LogP contribution in [0.15, 0.2) is 48.5 Å². The Hall–Kier alpha value is -5.34. The summed E-state index contributed by atoms with van der Waals surface area (Å²) in [7, 11) is 0. The lowest BCUT2D eigenvalue weighted by Crippen LogP contribution is -2.42. The molecular formula is C48H25NO. The standard InChI is InChI=1S/C48H25NO/c1-15-46-25-12-21-10-18-8-19-7-16-6-17-9-20-11-22-13-48(46,14-49(15)23-2-4-24(50)5-3-23)47-32(22)37-31(20)36-27(17)26(16)34-30(19)35-28(18)29(21)38-33(25)45(47)44-42(37)40(36)39(34)41(35)43(38)44/h2-5,7,9,11-12,15,25,46,50H,6,8,10,13-14H2,1H3. The third-order valence-corrected chi connectivity index (χ3v) is 16.6. The largest absolute Gasteiger partial charge is 0.508 e. The molecule has 2 heteroatoms. The van der Waals surface area contributed by atoms with Crippen molar-refractivity contribution in [1.82, 2.24) is 0 Å². The van der Waals surface area contributed by atoms with Crippen LogP contribution in [0.5, 0.6) is 5.75 Å². The van der Waals surface area contributed by atoms with E-state index in [1.807, 2.05) is 12.1 Å². The molecule has 1 fully saturated rings. The second kappa shape index (κ2) is 5.94. The number of phenols is 1. The first-order chi connectivity index (χ1) is 24.6. The van der Waals surface area contributed by atoms with Gasteiger partial charge in [-0.25, -0.2) is 0 Å². The number of aromatic hydroxyl groups is 1. The monoisotopic (exact) mass is 631 g/mol. The molecule has 11 aromatic rings. The number of fused-ring (bicyclic) bond motifs is 1. The van der Waals surface area contributed by atoms with Crippen LogP contribution in [0.25, 0.3) is 108 Å². The molecule has 0 saturated carbocycles. The van der Waals surface area contributed by atoms with Gasteiger partial charge in [0.1, 0.15) is 5.75 Å². The molecule has 1 heterocycles. The van der Waals surface area contributed by atoms with Crippen molar-refractivity contribution in [2.75, 3.05) is 11.4 Å². The fourth-order valence-corrected chi connectivity index (χ4v) is 15.7. The Morgan fingerprint density at radius 3 is 2.16 bits per heavy atom. The predicted molar refractivity (Wildman–Crippen MR) is 205 cm³/mol. The first-order valence-electron chi connectivity index (χ1n) is 19.0. The topological polar surface area (TPSA) is 23.5 Å². The van der Waals surface area contributed by atoms with E-state index >= 15 is 0 Å². The second-order valence-electron chi connectivity index (χ2n) is 18.0. The highest BCUT2D eigenvalue weighted by Gasteiger charge is 2.62. The van der Waals surface area contributed by atoms with Crippen LogP contribution >= 0.6 is 0 Å². The molecule has 7 aliphatic rings. The minimum absolute atomic E-state index is 0.0599. The van der Waals surface area contributed by atoms with Crippen LogP contribution in [-0.4, -0.2) is 17.7 Å². The maximum Gasteiger partial charge on any atom is 0.115 e. The molecular weight excluding hydrogens is 607 g/mol. The van der Waals surface area contributed by atoms with Crippen LogP contribution < -0.4 is 10.1 Å². The molecule has 0 bridgehead atoms. The normalized spacial score (nSPS) is 26.5. The van der Waals surface area contributed by atoms with Gasteiger partial charge in [-0.2, -0.15) is 0 Å². The number of nitrogens with zero attached hydrogens (tertiary/aromatic N) is 1. The fourth-order valence-electron chi connectivity index (χ4n) is 15.7. The van der Waals surface area contributed by atoms with E-state index in [0.29, 0.717) is 23.6 Å².